The zero-order valence-electron chi connectivity index (χ0n) is 15.6. The Morgan fingerprint density at radius 2 is 1.23 bits per heavy atom. The maximum absolute atomic E-state index is 12.4. The van der Waals surface area contributed by atoms with Gasteiger partial charge >= 0.3 is 0 Å². The molecule has 0 saturated heterocycles. The number of nitrogens with zero attached hydrogens (tertiary/aromatic N) is 1. The molecule has 0 fully saturated rings. The summed E-state index contributed by atoms with van der Waals surface area (Å²) in [5, 5.41) is 10.5. The molecule has 0 atom stereocenters. The van der Waals surface area contributed by atoms with Crippen LogP contribution >= 0.6 is 31.9 Å². The van der Waals surface area contributed by atoms with Crippen molar-refractivity contribution in [3.63, 3.8) is 0 Å². The Kier molecular flexibility index (Phi) is 19.7. The highest BCUT2D eigenvalue weighted by Gasteiger charge is 2.20. The molecular weight excluding hydrogens is 470 g/mol. The minimum absolute atomic E-state index is 0.0130. The van der Waals surface area contributed by atoms with Crippen LogP contribution in [0.25, 0.3) is 0 Å². The van der Waals surface area contributed by atoms with E-state index in [9.17, 15) is 9.59 Å². The van der Waals surface area contributed by atoms with E-state index in [2.05, 4.69) is 31.9 Å². The molecule has 0 rings (SSSR count). The van der Waals surface area contributed by atoms with Gasteiger partial charge in [-0.15, -0.1) is 0 Å². The van der Waals surface area contributed by atoms with E-state index in [-0.39, 0.29) is 31.6 Å². The van der Waals surface area contributed by atoms with Crippen LogP contribution in [0.4, 0.5) is 0 Å². The van der Waals surface area contributed by atoms with E-state index in [4.69, 9.17) is 14.6 Å². The molecule has 0 radical (unpaired) electrons. The summed E-state index contributed by atoms with van der Waals surface area (Å²) in [4.78, 5) is 26.2. The minimum Gasteiger partial charge on any atom is -0.394 e. The third kappa shape index (κ3) is 15.1. The van der Waals surface area contributed by atoms with Gasteiger partial charge in [0.25, 0.3) is 0 Å². The topological polar surface area (TPSA) is 76.1 Å². The van der Waals surface area contributed by atoms with E-state index in [0.717, 1.165) is 49.2 Å². The lowest BCUT2D eigenvalue weighted by molar-refractivity contribution is -0.146. The van der Waals surface area contributed by atoms with Crippen molar-refractivity contribution in [3.8, 4) is 0 Å². The van der Waals surface area contributed by atoms with E-state index >= 15 is 0 Å². The smallest absolute Gasteiger partial charge is 0.229 e. The molecule has 0 aromatic carbocycles. The van der Waals surface area contributed by atoms with Gasteiger partial charge in [-0.2, -0.15) is 0 Å². The molecular formula is C18H33Br2NO5. The van der Waals surface area contributed by atoms with Crippen LogP contribution in [0.1, 0.15) is 51.4 Å². The summed E-state index contributed by atoms with van der Waals surface area (Å²) in [6.07, 6.45) is 6.42. The highest BCUT2D eigenvalue weighted by atomic mass is 79.9. The normalized spacial score (nSPS) is 10.9. The number of aliphatic hydroxyl groups is 1. The third-order valence-electron chi connectivity index (χ3n) is 3.72. The number of alkyl halides is 2. The summed E-state index contributed by atoms with van der Waals surface area (Å²) >= 11 is 6.76. The molecule has 0 spiro atoms. The first kappa shape index (κ1) is 26.0. The molecule has 0 heterocycles. The largest absolute Gasteiger partial charge is 0.394 e. The Hall–Kier alpha value is -0.0200. The second-order valence-electron chi connectivity index (χ2n) is 5.89. The Balaban J connectivity index is 4.25. The number of rotatable bonds is 18. The first-order chi connectivity index (χ1) is 12.7. The van der Waals surface area contributed by atoms with Crippen molar-refractivity contribution in [3.05, 3.63) is 0 Å². The number of ether oxygens (including phenoxy) is 2. The van der Waals surface area contributed by atoms with Crippen LogP contribution in [0, 0.1) is 0 Å². The molecule has 1 N–H and O–H groups in total. The van der Waals surface area contributed by atoms with E-state index in [0.29, 0.717) is 32.7 Å². The summed E-state index contributed by atoms with van der Waals surface area (Å²) in [7, 11) is 0. The molecule has 0 aliphatic carbocycles. The zero-order valence-corrected chi connectivity index (χ0v) is 18.8. The lowest BCUT2D eigenvalue weighted by Gasteiger charge is -2.21. The molecule has 154 valence electrons. The summed E-state index contributed by atoms with van der Waals surface area (Å²) in [6, 6.07) is 0. The van der Waals surface area contributed by atoms with Gasteiger partial charge in [0.05, 0.1) is 39.6 Å². The molecule has 2 amide bonds. The summed E-state index contributed by atoms with van der Waals surface area (Å²) in [6.45, 7) is 1.64. The van der Waals surface area contributed by atoms with Gasteiger partial charge in [0.1, 0.15) is 0 Å². The Labute approximate surface area is 174 Å². The SMILES string of the molecule is O=C(CCCCCBr)N(CCOCCOCCO)C(=O)CCCCCBr. The number of hydrogen-bond acceptors (Lipinski definition) is 5. The summed E-state index contributed by atoms with van der Waals surface area (Å²) in [5.74, 6) is -0.213. The van der Waals surface area contributed by atoms with Crippen molar-refractivity contribution in [2.75, 3.05) is 50.2 Å². The maximum atomic E-state index is 12.4. The van der Waals surface area contributed by atoms with E-state index in [1.807, 2.05) is 0 Å². The molecule has 0 aliphatic rings. The van der Waals surface area contributed by atoms with Crippen LogP contribution in [-0.2, 0) is 19.1 Å². The van der Waals surface area contributed by atoms with Gasteiger partial charge in [-0.3, -0.25) is 14.5 Å². The van der Waals surface area contributed by atoms with Crippen molar-refractivity contribution in [1.82, 2.24) is 4.90 Å². The average molecular weight is 503 g/mol. The van der Waals surface area contributed by atoms with Gasteiger partial charge in [-0.1, -0.05) is 44.7 Å². The minimum atomic E-state index is -0.106. The molecule has 0 unspecified atom stereocenters. The van der Waals surface area contributed by atoms with Crippen molar-refractivity contribution in [2.24, 2.45) is 0 Å². The Bertz CT molecular complexity index is 334. The van der Waals surface area contributed by atoms with Gasteiger partial charge < -0.3 is 14.6 Å². The molecule has 26 heavy (non-hydrogen) atoms. The van der Waals surface area contributed by atoms with Crippen LogP contribution in [0.15, 0.2) is 0 Å². The zero-order chi connectivity index (χ0) is 19.5. The average Bonchev–Trinajstić information content (AvgIpc) is 2.64. The first-order valence-electron chi connectivity index (χ1n) is 9.38. The predicted molar refractivity (Wildman–Crippen MR) is 110 cm³/mol. The number of amides is 2. The van der Waals surface area contributed by atoms with Gasteiger partial charge in [0, 0.05) is 23.5 Å². The quantitative estimate of drug-likeness (QED) is 0.230. The fraction of sp³-hybridized carbons (Fsp3) is 0.889. The molecule has 0 saturated carbocycles. The van der Waals surface area contributed by atoms with E-state index in [1.165, 1.54) is 4.90 Å². The van der Waals surface area contributed by atoms with Crippen molar-refractivity contribution < 1.29 is 24.2 Å². The van der Waals surface area contributed by atoms with Gasteiger partial charge in [0.15, 0.2) is 0 Å². The van der Waals surface area contributed by atoms with Crippen LogP contribution in [0.2, 0.25) is 0 Å². The summed E-state index contributed by atoms with van der Waals surface area (Å²) in [5.41, 5.74) is 0. The van der Waals surface area contributed by atoms with Gasteiger partial charge in [-0.25, -0.2) is 0 Å². The lowest BCUT2D eigenvalue weighted by Crippen LogP contribution is -2.39. The van der Waals surface area contributed by atoms with Crippen molar-refractivity contribution >= 4 is 43.7 Å². The molecule has 0 bridgehead atoms. The molecule has 6 nitrogen and oxygen atoms in total. The number of carbonyl (C=O) groups is 2. The van der Waals surface area contributed by atoms with Crippen LogP contribution < -0.4 is 0 Å². The third-order valence-corrected chi connectivity index (χ3v) is 4.84. The Morgan fingerprint density at radius 1 is 0.731 bits per heavy atom. The first-order valence-corrected chi connectivity index (χ1v) is 11.6. The highest BCUT2D eigenvalue weighted by Crippen LogP contribution is 2.09. The van der Waals surface area contributed by atoms with Gasteiger partial charge in [-0.05, 0) is 25.7 Å². The monoisotopic (exact) mass is 501 g/mol. The highest BCUT2D eigenvalue weighted by molar-refractivity contribution is 9.09. The molecule has 0 aliphatic heterocycles. The number of halogens is 2. The van der Waals surface area contributed by atoms with E-state index < -0.39 is 0 Å². The Morgan fingerprint density at radius 3 is 1.69 bits per heavy atom. The molecule has 8 heteroatoms. The fourth-order valence-electron chi connectivity index (χ4n) is 2.30. The second kappa shape index (κ2) is 19.7. The number of imide groups is 1. The lowest BCUT2D eigenvalue weighted by atomic mass is 10.1. The predicted octanol–water partition coefficient (Wildman–Crippen LogP) is 3.28. The number of carbonyl (C=O) groups excluding carboxylic acids is 2. The second-order valence-corrected chi connectivity index (χ2v) is 7.47. The van der Waals surface area contributed by atoms with Crippen LogP contribution in [-0.4, -0.2) is 72.1 Å². The number of hydrogen-bond donors (Lipinski definition) is 1. The standard InChI is InChI=1S/C18H33Br2NO5/c19-9-5-1-3-7-17(23)21(18(24)8-4-2-6-10-20)11-13-25-15-16-26-14-12-22/h22H,1-16H2. The molecule has 0 aromatic rings. The van der Waals surface area contributed by atoms with Crippen molar-refractivity contribution in [2.45, 2.75) is 51.4 Å². The number of unbranched alkanes of at least 4 members (excludes halogenated alkanes) is 4. The van der Waals surface area contributed by atoms with Crippen LogP contribution in [0.3, 0.4) is 0 Å². The van der Waals surface area contributed by atoms with E-state index in [1.54, 1.807) is 0 Å². The van der Waals surface area contributed by atoms with Gasteiger partial charge in [0.2, 0.25) is 11.8 Å². The maximum Gasteiger partial charge on any atom is 0.229 e. The molecule has 0 aromatic heterocycles. The summed E-state index contributed by atoms with van der Waals surface area (Å²) < 4.78 is 10.5. The fourth-order valence-corrected chi connectivity index (χ4v) is 3.09. The number of aliphatic hydroxyl groups excluding tert-OH is 1. The van der Waals surface area contributed by atoms with Crippen LogP contribution in [0.5, 0.6) is 0 Å². The van der Waals surface area contributed by atoms with Crippen molar-refractivity contribution in [1.29, 1.82) is 0 Å².